The van der Waals surface area contributed by atoms with Gasteiger partial charge in [0.05, 0.1) is 11.9 Å². The monoisotopic (exact) mass is 399 g/mol. The Hall–Kier alpha value is -3.96. The van der Waals surface area contributed by atoms with Crippen LogP contribution in [0.4, 0.5) is 11.6 Å². The molecule has 8 nitrogen and oxygen atoms in total. The van der Waals surface area contributed by atoms with Crippen molar-refractivity contribution in [3.63, 3.8) is 0 Å². The van der Waals surface area contributed by atoms with Crippen LogP contribution in [0.25, 0.3) is 11.3 Å². The van der Waals surface area contributed by atoms with E-state index in [0.29, 0.717) is 11.3 Å². The molecule has 1 aliphatic rings. The Morgan fingerprint density at radius 1 is 1.10 bits per heavy atom. The fourth-order valence-corrected chi connectivity index (χ4v) is 3.30. The van der Waals surface area contributed by atoms with E-state index in [4.69, 9.17) is 0 Å². The zero-order chi connectivity index (χ0) is 20.8. The van der Waals surface area contributed by atoms with Crippen LogP contribution in [0.2, 0.25) is 0 Å². The molecule has 2 heterocycles. The van der Waals surface area contributed by atoms with Gasteiger partial charge in [-0.25, -0.2) is 10.4 Å². The first-order chi connectivity index (χ1) is 14.7. The lowest BCUT2D eigenvalue weighted by atomic mass is 10.1. The second-order valence-electron chi connectivity index (χ2n) is 6.81. The maximum Gasteiger partial charge on any atom is 0.270 e. The molecule has 0 unspecified atom stereocenters. The fourth-order valence-electron chi connectivity index (χ4n) is 3.30. The van der Waals surface area contributed by atoms with Crippen molar-refractivity contribution in [2.24, 2.45) is 5.10 Å². The minimum absolute atomic E-state index is 0.0285. The van der Waals surface area contributed by atoms with Crippen LogP contribution >= 0.6 is 0 Å². The summed E-state index contributed by atoms with van der Waals surface area (Å²) in [4.78, 5) is 21.5. The second kappa shape index (κ2) is 9.03. The summed E-state index contributed by atoms with van der Waals surface area (Å²) in [5.41, 5.74) is 5.32. The van der Waals surface area contributed by atoms with Crippen LogP contribution in [0.5, 0.6) is 0 Å². The molecule has 0 spiro atoms. The average molecular weight is 399 g/mol. The SMILES string of the molecule is N#Cc1c(-c2ccccc2)nc(NN=Cc2ccc(N3CCNCC3)cc2)[nH]c1=O. The van der Waals surface area contributed by atoms with Gasteiger partial charge in [0.2, 0.25) is 5.95 Å². The predicted molar refractivity (Wildman–Crippen MR) is 118 cm³/mol. The molecule has 1 aromatic heterocycles. The number of hydrazone groups is 1. The summed E-state index contributed by atoms with van der Waals surface area (Å²) in [6.07, 6.45) is 1.65. The Morgan fingerprint density at radius 2 is 1.83 bits per heavy atom. The molecule has 1 saturated heterocycles. The maximum atomic E-state index is 12.3. The van der Waals surface area contributed by atoms with Crippen LogP contribution in [-0.2, 0) is 0 Å². The lowest BCUT2D eigenvalue weighted by molar-refractivity contribution is 0.589. The van der Waals surface area contributed by atoms with Gasteiger partial charge in [-0.15, -0.1) is 0 Å². The molecule has 8 heteroatoms. The molecule has 30 heavy (non-hydrogen) atoms. The topological polar surface area (TPSA) is 109 Å². The van der Waals surface area contributed by atoms with Crippen molar-refractivity contribution < 1.29 is 0 Å². The zero-order valence-electron chi connectivity index (χ0n) is 16.3. The number of piperazine rings is 1. The molecule has 1 aliphatic heterocycles. The molecule has 2 aromatic carbocycles. The smallest absolute Gasteiger partial charge is 0.270 e. The lowest BCUT2D eigenvalue weighted by Gasteiger charge is -2.29. The molecule has 0 amide bonds. The third-order valence-corrected chi connectivity index (χ3v) is 4.84. The summed E-state index contributed by atoms with van der Waals surface area (Å²) in [5, 5.41) is 16.8. The van der Waals surface area contributed by atoms with Gasteiger partial charge in [-0.2, -0.15) is 10.4 Å². The van der Waals surface area contributed by atoms with Crippen LogP contribution in [0.15, 0.2) is 64.5 Å². The Bertz CT molecular complexity index is 1120. The molecule has 0 atom stereocenters. The number of nitrogens with zero attached hydrogens (tertiary/aromatic N) is 4. The quantitative estimate of drug-likeness (QED) is 0.448. The number of benzene rings is 2. The number of aromatic amines is 1. The summed E-state index contributed by atoms with van der Waals surface area (Å²) in [5.74, 6) is 0.173. The van der Waals surface area contributed by atoms with E-state index in [0.717, 1.165) is 31.7 Å². The van der Waals surface area contributed by atoms with E-state index in [1.54, 1.807) is 18.3 Å². The van der Waals surface area contributed by atoms with Crippen LogP contribution in [0, 0.1) is 11.3 Å². The normalized spacial score (nSPS) is 13.9. The predicted octanol–water partition coefficient (Wildman–Crippen LogP) is 2.16. The first-order valence-electron chi connectivity index (χ1n) is 9.69. The van der Waals surface area contributed by atoms with Crippen molar-refractivity contribution in [3.05, 3.63) is 76.1 Å². The van der Waals surface area contributed by atoms with Crippen molar-refractivity contribution in [2.45, 2.75) is 0 Å². The van der Waals surface area contributed by atoms with Gasteiger partial charge in [0.1, 0.15) is 11.6 Å². The van der Waals surface area contributed by atoms with Gasteiger partial charge in [0.15, 0.2) is 0 Å². The molecule has 3 N–H and O–H groups in total. The highest BCUT2D eigenvalue weighted by Crippen LogP contribution is 2.19. The summed E-state index contributed by atoms with van der Waals surface area (Å²) in [6.45, 7) is 3.98. The molecule has 0 bridgehead atoms. The van der Waals surface area contributed by atoms with E-state index < -0.39 is 5.56 Å². The molecule has 3 aromatic rings. The van der Waals surface area contributed by atoms with E-state index in [2.05, 4.69) is 42.8 Å². The first-order valence-corrected chi connectivity index (χ1v) is 9.69. The van der Waals surface area contributed by atoms with E-state index in [1.165, 1.54) is 5.69 Å². The van der Waals surface area contributed by atoms with E-state index in [-0.39, 0.29) is 11.5 Å². The third-order valence-electron chi connectivity index (χ3n) is 4.84. The highest BCUT2D eigenvalue weighted by Gasteiger charge is 2.13. The molecular weight excluding hydrogens is 378 g/mol. The second-order valence-corrected chi connectivity index (χ2v) is 6.81. The van der Waals surface area contributed by atoms with Crippen molar-refractivity contribution >= 4 is 17.9 Å². The van der Waals surface area contributed by atoms with Crippen LogP contribution < -0.4 is 21.2 Å². The molecule has 1 fully saturated rings. The lowest BCUT2D eigenvalue weighted by Crippen LogP contribution is -2.43. The largest absolute Gasteiger partial charge is 0.369 e. The fraction of sp³-hybridized carbons (Fsp3) is 0.182. The summed E-state index contributed by atoms with van der Waals surface area (Å²) in [7, 11) is 0. The maximum absolute atomic E-state index is 12.3. The third kappa shape index (κ3) is 4.37. The Balaban J connectivity index is 1.49. The van der Waals surface area contributed by atoms with Crippen molar-refractivity contribution in [2.75, 3.05) is 36.5 Å². The van der Waals surface area contributed by atoms with E-state index in [1.807, 2.05) is 36.4 Å². The standard InChI is InChI=1S/C22H21N7O/c23-14-19-20(17-4-2-1-3-5-17)26-22(27-21(19)30)28-25-15-16-6-8-18(9-7-16)29-12-10-24-11-13-29/h1-9,15,24H,10-13H2,(H2,26,27,28,30). The van der Waals surface area contributed by atoms with Gasteiger partial charge in [-0.1, -0.05) is 42.5 Å². The number of hydrogen-bond acceptors (Lipinski definition) is 7. The summed E-state index contributed by atoms with van der Waals surface area (Å²) >= 11 is 0. The zero-order valence-corrected chi connectivity index (χ0v) is 16.3. The summed E-state index contributed by atoms with van der Waals surface area (Å²) in [6, 6.07) is 19.2. The van der Waals surface area contributed by atoms with Crippen LogP contribution in [-0.4, -0.2) is 42.4 Å². The number of nitriles is 1. The number of rotatable bonds is 5. The molecular formula is C22H21N7O. The van der Waals surface area contributed by atoms with Crippen molar-refractivity contribution in [1.82, 2.24) is 15.3 Å². The van der Waals surface area contributed by atoms with Crippen molar-refractivity contribution in [3.8, 4) is 17.3 Å². The average Bonchev–Trinajstić information content (AvgIpc) is 2.80. The number of anilines is 2. The molecule has 0 saturated carbocycles. The minimum Gasteiger partial charge on any atom is -0.369 e. The van der Waals surface area contributed by atoms with Gasteiger partial charge in [-0.05, 0) is 17.7 Å². The summed E-state index contributed by atoms with van der Waals surface area (Å²) < 4.78 is 0. The highest BCUT2D eigenvalue weighted by atomic mass is 16.1. The van der Waals surface area contributed by atoms with E-state index in [9.17, 15) is 10.1 Å². The molecule has 0 aliphatic carbocycles. The minimum atomic E-state index is -0.510. The number of aromatic nitrogens is 2. The van der Waals surface area contributed by atoms with Crippen molar-refractivity contribution in [1.29, 1.82) is 5.26 Å². The van der Waals surface area contributed by atoms with Gasteiger partial charge in [0, 0.05) is 37.4 Å². The first kappa shape index (κ1) is 19.4. The Morgan fingerprint density at radius 3 is 2.53 bits per heavy atom. The Labute approximate surface area is 173 Å². The van der Waals surface area contributed by atoms with E-state index >= 15 is 0 Å². The molecule has 150 valence electrons. The number of nitrogens with one attached hydrogen (secondary N) is 3. The highest BCUT2D eigenvalue weighted by molar-refractivity contribution is 5.81. The van der Waals surface area contributed by atoms with Gasteiger partial charge < -0.3 is 10.2 Å². The number of hydrogen-bond donors (Lipinski definition) is 3. The van der Waals surface area contributed by atoms with Crippen LogP contribution in [0.3, 0.4) is 0 Å². The number of H-pyrrole nitrogens is 1. The van der Waals surface area contributed by atoms with Crippen LogP contribution in [0.1, 0.15) is 11.1 Å². The van der Waals surface area contributed by atoms with Gasteiger partial charge in [-0.3, -0.25) is 9.78 Å². The molecule has 0 radical (unpaired) electrons. The van der Waals surface area contributed by atoms with Gasteiger partial charge in [0.25, 0.3) is 5.56 Å². The Kier molecular flexibility index (Phi) is 5.83. The van der Waals surface area contributed by atoms with Gasteiger partial charge >= 0.3 is 0 Å². The molecule has 4 rings (SSSR count).